The maximum absolute atomic E-state index is 12.8. The molecule has 2 amide bonds. The fraction of sp³-hybridized carbons (Fsp3) is 0.188. The minimum Gasteiger partial charge on any atom is -0.394 e. The van der Waals surface area contributed by atoms with Gasteiger partial charge in [0.15, 0.2) is 0 Å². The smallest absolute Gasteiger partial charge is 0.319 e. The molecule has 2 aromatic carbocycles. The van der Waals surface area contributed by atoms with Crippen LogP contribution >= 0.6 is 11.6 Å². The molecule has 22 heavy (non-hydrogen) atoms. The third-order valence-electron chi connectivity index (χ3n) is 3.05. The van der Waals surface area contributed by atoms with Crippen LogP contribution in [-0.2, 0) is 6.42 Å². The number of nitrogens with one attached hydrogen (secondary N) is 2. The van der Waals surface area contributed by atoms with Gasteiger partial charge in [0.05, 0.1) is 12.6 Å². The Hall–Kier alpha value is -2.11. The van der Waals surface area contributed by atoms with Crippen molar-refractivity contribution >= 4 is 23.3 Å². The summed E-state index contributed by atoms with van der Waals surface area (Å²) in [5.74, 6) is -0.322. The van der Waals surface area contributed by atoms with Gasteiger partial charge >= 0.3 is 6.03 Å². The van der Waals surface area contributed by atoms with E-state index in [1.807, 2.05) is 0 Å². The zero-order chi connectivity index (χ0) is 15.9. The Morgan fingerprint density at radius 3 is 2.36 bits per heavy atom. The fourth-order valence-corrected chi connectivity index (χ4v) is 2.08. The monoisotopic (exact) mass is 322 g/mol. The first-order valence-corrected chi connectivity index (χ1v) is 7.13. The van der Waals surface area contributed by atoms with Crippen LogP contribution in [-0.4, -0.2) is 23.8 Å². The molecule has 1 atom stereocenters. The highest BCUT2D eigenvalue weighted by atomic mass is 35.5. The lowest BCUT2D eigenvalue weighted by atomic mass is 10.1. The van der Waals surface area contributed by atoms with E-state index in [1.54, 1.807) is 36.4 Å². The molecular formula is C16H16ClFN2O2. The number of aliphatic hydroxyl groups is 1. The summed E-state index contributed by atoms with van der Waals surface area (Å²) >= 11 is 5.77. The molecule has 0 spiro atoms. The quantitative estimate of drug-likeness (QED) is 0.791. The number of urea groups is 1. The van der Waals surface area contributed by atoms with Crippen LogP contribution in [0.4, 0.5) is 14.9 Å². The number of aliphatic hydroxyl groups excluding tert-OH is 1. The standard InChI is InChI=1S/C16H16ClFN2O2/c17-12-3-7-14(8-4-12)19-16(22)20-15(10-21)9-11-1-5-13(18)6-2-11/h1-8,15,21H,9-10H2,(H2,19,20,22). The van der Waals surface area contributed by atoms with Crippen molar-refractivity contribution in [1.82, 2.24) is 5.32 Å². The fourth-order valence-electron chi connectivity index (χ4n) is 1.95. The van der Waals surface area contributed by atoms with Crippen LogP contribution in [0.1, 0.15) is 5.56 Å². The van der Waals surface area contributed by atoms with Crippen molar-refractivity contribution in [2.45, 2.75) is 12.5 Å². The van der Waals surface area contributed by atoms with Gasteiger partial charge in [0.2, 0.25) is 0 Å². The Morgan fingerprint density at radius 2 is 1.77 bits per heavy atom. The molecule has 0 aromatic heterocycles. The van der Waals surface area contributed by atoms with Gasteiger partial charge in [-0.1, -0.05) is 23.7 Å². The van der Waals surface area contributed by atoms with Gasteiger partial charge in [0, 0.05) is 10.7 Å². The van der Waals surface area contributed by atoms with E-state index in [4.69, 9.17) is 11.6 Å². The van der Waals surface area contributed by atoms with Crippen LogP contribution in [0.5, 0.6) is 0 Å². The van der Waals surface area contributed by atoms with E-state index in [2.05, 4.69) is 10.6 Å². The second kappa shape index (κ2) is 7.77. The predicted octanol–water partition coefficient (Wildman–Crippen LogP) is 3.20. The summed E-state index contributed by atoms with van der Waals surface area (Å²) in [7, 11) is 0. The number of carbonyl (C=O) groups excluding carboxylic acids is 1. The van der Waals surface area contributed by atoms with Gasteiger partial charge in [0.1, 0.15) is 5.82 Å². The van der Waals surface area contributed by atoms with Crippen LogP contribution < -0.4 is 10.6 Å². The lowest BCUT2D eigenvalue weighted by Gasteiger charge is -2.17. The molecule has 0 aliphatic rings. The predicted molar refractivity (Wildman–Crippen MR) is 84.6 cm³/mol. The Bertz CT molecular complexity index is 617. The van der Waals surface area contributed by atoms with Crippen LogP contribution in [0.2, 0.25) is 5.02 Å². The first-order valence-electron chi connectivity index (χ1n) is 6.75. The van der Waals surface area contributed by atoms with Crippen molar-refractivity contribution in [3.8, 4) is 0 Å². The average Bonchev–Trinajstić information content (AvgIpc) is 2.51. The molecule has 0 aliphatic carbocycles. The summed E-state index contributed by atoms with van der Waals surface area (Å²) in [5.41, 5.74) is 1.42. The van der Waals surface area contributed by atoms with Crippen LogP contribution in [0.25, 0.3) is 0 Å². The third kappa shape index (κ3) is 5.02. The zero-order valence-corrected chi connectivity index (χ0v) is 12.5. The number of halogens is 2. The van der Waals surface area contributed by atoms with E-state index in [1.165, 1.54) is 12.1 Å². The van der Waals surface area contributed by atoms with Gasteiger partial charge < -0.3 is 15.7 Å². The molecule has 2 aromatic rings. The lowest BCUT2D eigenvalue weighted by Crippen LogP contribution is -2.41. The molecule has 0 fully saturated rings. The molecule has 0 saturated heterocycles. The van der Waals surface area contributed by atoms with Crippen molar-refractivity contribution in [3.05, 3.63) is 64.9 Å². The van der Waals surface area contributed by atoms with Crippen LogP contribution in [0.15, 0.2) is 48.5 Å². The van der Waals surface area contributed by atoms with Gasteiger partial charge in [-0.15, -0.1) is 0 Å². The highest BCUT2D eigenvalue weighted by Gasteiger charge is 2.12. The summed E-state index contributed by atoms with van der Waals surface area (Å²) in [4.78, 5) is 11.9. The molecule has 4 nitrogen and oxygen atoms in total. The summed E-state index contributed by atoms with van der Waals surface area (Å²) in [6, 6.07) is 11.7. The van der Waals surface area contributed by atoms with Crippen LogP contribution in [0, 0.1) is 5.82 Å². The van der Waals surface area contributed by atoms with Crippen molar-refractivity contribution < 1.29 is 14.3 Å². The molecule has 1 unspecified atom stereocenters. The molecule has 0 radical (unpaired) electrons. The zero-order valence-electron chi connectivity index (χ0n) is 11.7. The Kier molecular flexibility index (Phi) is 5.75. The number of rotatable bonds is 5. The van der Waals surface area contributed by atoms with Crippen molar-refractivity contribution in [2.24, 2.45) is 0 Å². The number of hydrogen-bond acceptors (Lipinski definition) is 2. The molecule has 0 aliphatic heterocycles. The van der Waals surface area contributed by atoms with E-state index in [-0.39, 0.29) is 12.4 Å². The SMILES string of the molecule is O=C(Nc1ccc(Cl)cc1)NC(CO)Cc1ccc(F)cc1. The number of hydrogen-bond donors (Lipinski definition) is 3. The van der Waals surface area contributed by atoms with Crippen molar-refractivity contribution in [2.75, 3.05) is 11.9 Å². The lowest BCUT2D eigenvalue weighted by molar-refractivity contribution is 0.224. The molecule has 6 heteroatoms. The summed E-state index contributed by atoms with van der Waals surface area (Å²) in [6.07, 6.45) is 0.408. The Balaban J connectivity index is 1.90. The molecule has 0 saturated carbocycles. The highest BCUT2D eigenvalue weighted by Crippen LogP contribution is 2.13. The van der Waals surface area contributed by atoms with E-state index < -0.39 is 12.1 Å². The first-order chi connectivity index (χ1) is 10.6. The van der Waals surface area contributed by atoms with Gasteiger partial charge in [-0.2, -0.15) is 0 Å². The summed E-state index contributed by atoms with van der Waals surface area (Å²) in [5, 5.41) is 15.3. The molecule has 2 rings (SSSR count). The molecule has 0 heterocycles. The van der Waals surface area contributed by atoms with E-state index in [0.717, 1.165) is 5.56 Å². The van der Waals surface area contributed by atoms with Crippen LogP contribution in [0.3, 0.4) is 0 Å². The normalized spacial score (nSPS) is 11.8. The molecular weight excluding hydrogens is 307 g/mol. The van der Waals surface area contributed by atoms with E-state index in [9.17, 15) is 14.3 Å². The number of amides is 2. The minimum atomic E-state index is -0.460. The number of anilines is 1. The molecule has 116 valence electrons. The van der Waals surface area contributed by atoms with Crippen molar-refractivity contribution in [1.29, 1.82) is 0 Å². The second-order valence-corrected chi connectivity index (χ2v) is 5.25. The Morgan fingerprint density at radius 1 is 1.14 bits per heavy atom. The third-order valence-corrected chi connectivity index (χ3v) is 3.31. The number of carbonyl (C=O) groups is 1. The first kappa shape index (κ1) is 16.3. The highest BCUT2D eigenvalue weighted by molar-refractivity contribution is 6.30. The topological polar surface area (TPSA) is 61.4 Å². The average molecular weight is 323 g/mol. The van der Waals surface area contributed by atoms with E-state index in [0.29, 0.717) is 17.1 Å². The molecule has 0 bridgehead atoms. The van der Waals surface area contributed by atoms with Gasteiger partial charge in [0.25, 0.3) is 0 Å². The maximum atomic E-state index is 12.8. The van der Waals surface area contributed by atoms with Gasteiger partial charge in [-0.05, 0) is 48.4 Å². The van der Waals surface area contributed by atoms with Crippen molar-refractivity contribution in [3.63, 3.8) is 0 Å². The molecule has 3 N–H and O–H groups in total. The van der Waals surface area contributed by atoms with Gasteiger partial charge in [-0.25, -0.2) is 9.18 Å². The minimum absolute atomic E-state index is 0.217. The maximum Gasteiger partial charge on any atom is 0.319 e. The Labute approximate surface area is 132 Å². The van der Waals surface area contributed by atoms with E-state index >= 15 is 0 Å². The summed E-state index contributed by atoms with van der Waals surface area (Å²) in [6.45, 7) is -0.217. The van der Waals surface area contributed by atoms with Gasteiger partial charge in [-0.3, -0.25) is 0 Å². The largest absolute Gasteiger partial charge is 0.394 e. The number of benzene rings is 2. The second-order valence-electron chi connectivity index (χ2n) is 4.82. The summed E-state index contributed by atoms with van der Waals surface area (Å²) < 4.78 is 12.8.